The molecule has 0 aliphatic heterocycles. The topological polar surface area (TPSA) is 68.9 Å². The maximum Gasteiger partial charge on any atom is 0.263 e. The normalized spacial score (nSPS) is 10.8. The van der Waals surface area contributed by atoms with E-state index in [-0.39, 0.29) is 10.7 Å². The van der Waals surface area contributed by atoms with E-state index in [9.17, 15) is 4.79 Å². The smallest absolute Gasteiger partial charge is 0.263 e. The van der Waals surface area contributed by atoms with Gasteiger partial charge in [0, 0.05) is 0 Å². The van der Waals surface area contributed by atoms with Crippen molar-refractivity contribution in [2.24, 2.45) is 0 Å². The number of rotatable bonds is 3. The Kier molecular flexibility index (Phi) is 3.18. The number of halogens is 1. The number of nitrogens with zero attached hydrogens (tertiary/aromatic N) is 3. The highest BCUT2D eigenvalue weighted by Gasteiger charge is 2.14. The number of aromatic nitrogens is 3. The highest BCUT2D eigenvalue weighted by Crippen LogP contribution is 2.31. The molecule has 3 aromatic rings. The molecule has 7 heteroatoms. The van der Waals surface area contributed by atoms with E-state index in [1.807, 2.05) is 24.3 Å². The minimum Gasteiger partial charge on any atom is -0.431 e. The van der Waals surface area contributed by atoms with Gasteiger partial charge in [-0.05, 0) is 23.9 Å². The SMILES string of the molecule is O=Cc1c(Cl)ncnc1Sc1nc2ccccc2o1. The molecule has 2 aromatic heterocycles. The monoisotopic (exact) mass is 291 g/mol. The van der Waals surface area contributed by atoms with Crippen molar-refractivity contribution in [1.29, 1.82) is 0 Å². The van der Waals surface area contributed by atoms with Crippen LogP contribution >= 0.6 is 23.4 Å². The lowest BCUT2D eigenvalue weighted by atomic mass is 10.3. The number of fused-ring (bicyclic) bond motifs is 1. The summed E-state index contributed by atoms with van der Waals surface area (Å²) in [6, 6.07) is 7.40. The van der Waals surface area contributed by atoms with Crippen LogP contribution in [0.5, 0.6) is 0 Å². The van der Waals surface area contributed by atoms with Crippen molar-refractivity contribution in [3.8, 4) is 0 Å². The minimum absolute atomic E-state index is 0.114. The second-order valence-corrected chi connectivity index (χ2v) is 4.85. The van der Waals surface area contributed by atoms with Crippen LogP contribution < -0.4 is 0 Å². The van der Waals surface area contributed by atoms with Gasteiger partial charge in [0.05, 0.1) is 5.56 Å². The van der Waals surface area contributed by atoms with Gasteiger partial charge < -0.3 is 4.42 Å². The maximum absolute atomic E-state index is 11.0. The van der Waals surface area contributed by atoms with E-state index in [4.69, 9.17) is 16.0 Å². The van der Waals surface area contributed by atoms with E-state index in [2.05, 4.69) is 15.0 Å². The van der Waals surface area contributed by atoms with E-state index in [0.29, 0.717) is 22.1 Å². The molecule has 0 radical (unpaired) electrons. The maximum atomic E-state index is 11.0. The van der Waals surface area contributed by atoms with E-state index in [0.717, 1.165) is 17.3 Å². The second kappa shape index (κ2) is 4.99. The number of carbonyl (C=O) groups excluding carboxylic acids is 1. The van der Waals surface area contributed by atoms with Gasteiger partial charge in [-0.1, -0.05) is 23.7 Å². The summed E-state index contributed by atoms with van der Waals surface area (Å²) in [6.07, 6.45) is 1.91. The summed E-state index contributed by atoms with van der Waals surface area (Å²) < 4.78 is 5.54. The highest BCUT2D eigenvalue weighted by atomic mass is 35.5. The zero-order chi connectivity index (χ0) is 13.2. The number of benzene rings is 1. The molecule has 0 saturated heterocycles. The van der Waals surface area contributed by atoms with Gasteiger partial charge in [0.25, 0.3) is 5.22 Å². The lowest BCUT2D eigenvalue weighted by molar-refractivity contribution is 0.112. The standard InChI is InChI=1S/C12H6ClN3O2S/c13-10-7(5-17)11(15-6-14-10)19-12-16-8-3-1-2-4-9(8)18-12/h1-6H. The molecule has 3 rings (SSSR count). The summed E-state index contributed by atoms with van der Waals surface area (Å²) in [6.45, 7) is 0. The lowest BCUT2D eigenvalue weighted by Gasteiger charge is -2.00. The fraction of sp³-hybridized carbons (Fsp3) is 0. The number of carbonyl (C=O) groups is 1. The Morgan fingerprint density at radius 1 is 1.26 bits per heavy atom. The van der Waals surface area contributed by atoms with Crippen LogP contribution in [0, 0.1) is 0 Å². The van der Waals surface area contributed by atoms with Crippen LogP contribution in [0.15, 0.2) is 45.3 Å². The molecule has 0 saturated carbocycles. The molecular weight excluding hydrogens is 286 g/mol. The van der Waals surface area contributed by atoms with Crippen molar-refractivity contribution in [3.63, 3.8) is 0 Å². The van der Waals surface area contributed by atoms with Crippen molar-refractivity contribution in [1.82, 2.24) is 15.0 Å². The fourth-order valence-corrected chi connectivity index (χ4v) is 2.55. The van der Waals surface area contributed by atoms with Crippen LogP contribution in [0.1, 0.15) is 10.4 Å². The number of para-hydroxylation sites is 2. The van der Waals surface area contributed by atoms with E-state index >= 15 is 0 Å². The number of hydrogen-bond acceptors (Lipinski definition) is 6. The molecular formula is C12H6ClN3O2S. The number of oxazole rings is 1. The van der Waals surface area contributed by atoms with E-state index in [1.54, 1.807) is 0 Å². The summed E-state index contributed by atoms with van der Waals surface area (Å²) >= 11 is 6.96. The molecule has 94 valence electrons. The van der Waals surface area contributed by atoms with Gasteiger partial charge in [0.2, 0.25) is 0 Å². The predicted octanol–water partition coefficient (Wildman–Crippen LogP) is 3.23. The van der Waals surface area contributed by atoms with E-state index < -0.39 is 0 Å². The van der Waals surface area contributed by atoms with Crippen LogP contribution in [-0.2, 0) is 0 Å². The second-order valence-electron chi connectivity index (χ2n) is 3.55. The summed E-state index contributed by atoms with van der Waals surface area (Å²) in [5.41, 5.74) is 1.66. The van der Waals surface area contributed by atoms with Gasteiger partial charge in [-0.15, -0.1) is 0 Å². The van der Waals surface area contributed by atoms with Crippen molar-refractivity contribution in [3.05, 3.63) is 41.3 Å². The molecule has 0 atom stereocenters. The number of aldehydes is 1. The summed E-state index contributed by atoms with van der Waals surface area (Å²) in [7, 11) is 0. The fourth-order valence-electron chi connectivity index (χ4n) is 1.52. The average Bonchev–Trinajstić information content (AvgIpc) is 2.81. The Labute approximate surface area is 117 Å². The molecule has 1 aromatic carbocycles. The van der Waals surface area contributed by atoms with Crippen LogP contribution in [0.4, 0.5) is 0 Å². The first-order valence-corrected chi connectivity index (χ1v) is 6.46. The molecule has 2 heterocycles. The molecule has 5 nitrogen and oxygen atoms in total. The molecule has 0 aliphatic carbocycles. The van der Waals surface area contributed by atoms with Gasteiger partial charge >= 0.3 is 0 Å². The first-order valence-electron chi connectivity index (χ1n) is 5.27. The molecule has 0 fully saturated rings. The van der Waals surface area contributed by atoms with Crippen LogP contribution in [0.3, 0.4) is 0 Å². The zero-order valence-corrected chi connectivity index (χ0v) is 11.0. The molecule has 0 aliphatic rings. The summed E-state index contributed by atoms with van der Waals surface area (Å²) in [5.74, 6) is 0. The predicted molar refractivity (Wildman–Crippen MR) is 70.6 cm³/mol. The quantitative estimate of drug-likeness (QED) is 0.545. The van der Waals surface area contributed by atoms with Crippen molar-refractivity contribution < 1.29 is 9.21 Å². The Morgan fingerprint density at radius 2 is 2.11 bits per heavy atom. The third-order valence-electron chi connectivity index (χ3n) is 2.37. The van der Waals surface area contributed by atoms with Gasteiger partial charge in [0.15, 0.2) is 11.9 Å². The first-order chi connectivity index (χ1) is 9.28. The number of hydrogen-bond donors (Lipinski definition) is 0. The Hall–Kier alpha value is -1.92. The molecule has 19 heavy (non-hydrogen) atoms. The Morgan fingerprint density at radius 3 is 2.89 bits per heavy atom. The summed E-state index contributed by atoms with van der Waals surface area (Å²) in [5, 5.41) is 0.934. The zero-order valence-electron chi connectivity index (χ0n) is 9.41. The van der Waals surface area contributed by atoms with Crippen LogP contribution in [0.25, 0.3) is 11.1 Å². The van der Waals surface area contributed by atoms with Gasteiger partial charge in [-0.25, -0.2) is 15.0 Å². The first kappa shape index (κ1) is 12.1. The van der Waals surface area contributed by atoms with Crippen LogP contribution in [-0.4, -0.2) is 21.2 Å². The lowest BCUT2D eigenvalue weighted by Crippen LogP contribution is -1.93. The molecule has 0 N–H and O–H groups in total. The van der Waals surface area contributed by atoms with Crippen molar-refractivity contribution >= 4 is 40.7 Å². The molecule has 0 spiro atoms. The third kappa shape index (κ3) is 2.32. The average molecular weight is 292 g/mol. The van der Waals surface area contributed by atoms with Crippen molar-refractivity contribution in [2.45, 2.75) is 10.2 Å². The van der Waals surface area contributed by atoms with Crippen molar-refractivity contribution in [2.75, 3.05) is 0 Å². The minimum atomic E-state index is 0.114. The van der Waals surface area contributed by atoms with Crippen LogP contribution in [0.2, 0.25) is 5.15 Å². The molecule has 0 bridgehead atoms. The largest absolute Gasteiger partial charge is 0.431 e. The van der Waals surface area contributed by atoms with Gasteiger partial charge in [0.1, 0.15) is 22.0 Å². The molecule has 0 amide bonds. The Bertz CT molecular complexity index is 727. The Balaban J connectivity index is 2.01. The van der Waals surface area contributed by atoms with Gasteiger partial charge in [-0.3, -0.25) is 4.79 Å². The van der Waals surface area contributed by atoms with Gasteiger partial charge in [-0.2, -0.15) is 0 Å². The highest BCUT2D eigenvalue weighted by molar-refractivity contribution is 7.99. The third-order valence-corrected chi connectivity index (χ3v) is 3.54. The van der Waals surface area contributed by atoms with E-state index in [1.165, 1.54) is 6.33 Å². The summed E-state index contributed by atoms with van der Waals surface area (Å²) in [4.78, 5) is 23.0. The molecule has 0 unspecified atom stereocenters.